The maximum Gasteiger partial charge on any atom is 0.0821 e. The van der Waals surface area contributed by atoms with Gasteiger partial charge in [-0.3, -0.25) is 4.68 Å². The van der Waals surface area contributed by atoms with Gasteiger partial charge in [0.05, 0.1) is 17.8 Å². The minimum atomic E-state index is 0.754. The first kappa shape index (κ1) is 14.2. The number of nitrogens with zero attached hydrogens (tertiary/aromatic N) is 3. The second kappa shape index (κ2) is 5.92. The summed E-state index contributed by atoms with van der Waals surface area (Å²) in [6, 6.07) is 8.11. The van der Waals surface area contributed by atoms with Gasteiger partial charge < -0.3 is 9.88 Å². The Morgan fingerprint density at radius 1 is 1.29 bits per heavy atom. The zero-order valence-electron chi connectivity index (χ0n) is 12.3. The molecule has 0 fully saturated rings. The highest BCUT2D eigenvalue weighted by Gasteiger charge is 2.10. The summed E-state index contributed by atoms with van der Waals surface area (Å²) in [6.07, 6.45) is 4.16. The second-order valence-electron chi connectivity index (χ2n) is 5.20. The van der Waals surface area contributed by atoms with Crippen molar-refractivity contribution in [1.82, 2.24) is 19.7 Å². The normalized spacial score (nSPS) is 11.4. The van der Waals surface area contributed by atoms with Crippen molar-refractivity contribution in [3.8, 4) is 0 Å². The van der Waals surface area contributed by atoms with Crippen LogP contribution in [0.25, 0.3) is 10.9 Å². The van der Waals surface area contributed by atoms with Gasteiger partial charge in [-0.15, -0.1) is 0 Å². The van der Waals surface area contributed by atoms with Crippen LogP contribution in [0, 0.1) is 0 Å². The van der Waals surface area contributed by atoms with Gasteiger partial charge in [0, 0.05) is 36.4 Å². The van der Waals surface area contributed by atoms with E-state index in [0.717, 1.165) is 35.9 Å². The zero-order valence-corrected chi connectivity index (χ0v) is 13.1. The standard InChI is InChI=1S/C16H19ClN4/c1-3-18-9-12-10-21(11-14-6-7-20(2)19-14)16-8-13(17)4-5-15(12)16/h4-8,10,18H,3,9,11H2,1-2H3. The average molecular weight is 303 g/mol. The van der Waals surface area contributed by atoms with Crippen LogP contribution >= 0.6 is 11.6 Å². The number of halogens is 1. The smallest absolute Gasteiger partial charge is 0.0821 e. The first-order valence-corrected chi connectivity index (χ1v) is 7.51. The molecule has 1 aromatic carbocycles. The molecule has 0 atom stereocenters. The summed E-state index contributed by atoms with van der Waals surface area (Å²) >= 11 is 6.16. The molecule has 21 heavy (non-hydrogen) atoms. The topological polar surface area (TPSA) is 34.8 Å². The molecule has 0 aliphatic rings. The molecule has 0 aliphatic carbocycles. The van der Waals surface area contributed by atoms with Crippen LogP contribution in [-0.4, -0.2) is 20.9 Å². The van der Waals surface area contributed by atoms with E-state index >= 15 is 0 Å². The Morgan fingerprint density at radius 3 is 2.86 bits per heavy atom. The predicted octanol–water partition coefficient (Wildman–Crippen LogP) is 3.19. The third-order valence-electron chi connectivity index (χ3n) is 3.59. The Balaban J connectivity index is 2.01. The van der Waals surface area contributed by atoms with E-state index in [2.05, 4.69) is 34.2 Å². The lowest BCUT2D eigenvalue weighted by Crippen LogP contribution is -2.11. The Morgan fingerprint density at radius 2 is 2.14 bits per heavy atom. The van der Waals surface area contributed by atoms with Gasteiger partial charge in [0.15, 0.2) is 0 Å². The highest BCUT2D eigenvalue weighted by atomic mass is 35.5. The number of hydrogen-bond donors (Lipinski definition) is 1. The van der Waals surface area contributed by atoms with E-state index in [0.29, 0.717) is 0 Å². The molecule has 0 amide bonds. The van der Waals surface area contributed by atoms with Gasteiger partial charge in [-0.2, -0.15) is 5.10 Å². The third-order valence-corrected chi connectivity index (χ3v) is 3.83. The Labute approximate surface area is 129 Å². The summed E-state index contributed by atoms with van der Waals surface area (Å²) in [7, 11) is 1.94. The van der Waals surface area contributed by atoms with Crippen LogP contribution in [0.3, 0.4) is 0 Å². The van der Waals surface area contributed by atoms with Gasteiger partial charge in [-0.05, 0) is 30.3 Å². The molecular weight excluding hydrogens is 284 g/mol. The van der Waals surface area contributed by atoms with E-state index in [9.17, 15) is 0 Å². The molecule has 2 heterocycles. The molecule has 0 radical (unpaired) electrons. The molecule has 0 saturated carbocycles. The van der Waals surface area contributed by atoms with Crippen molar-refractivity contribution in [3.05, 3.63) is 52.9 Å². The van der Waals surface area contributed by atoms with Crippen molar-refractivity contribution in [2.24, 2.45) is 7.05 Å². The largest absolute Gasteiger partial charge is 0.341 e. The van der Waals surface area contributed by atoms with E-state index in [4.69, 9.17) is 11.6 Å². The minimum Gasteiger partial charge on any atom is -0.341 e. The number of benzene rings is 1. The van der Waals surface area contributed by atoms with Gasteiger partial charge in [0.2, 0.25) is 0 Å². The SMILES string of the molecule is CCNCc1cn(Cc2ccn(C)n2)c2cc(Cl)ccc12. The third kappa shape index (κ3) is 2.96. The van der Waals surface area contributed by atoms with E-state index < -0.39 is 0 Å². The van der Waals surface area contributed by atoms with Crippen molar-refractivity contribution in [1.29, 1.82) is 0 Å². The summed E-state index contributed by atoms with van der Waals surface area (Å²) in [5, 5.41) is 9.85. The van der Waals surface area contributed by atoms with Gasteiger partial charge in [-0.1, -0.05) is 24.6 Å². The van der Waals surface area contributed by atoms with E-state index in [1.54, 1.807) is 0 Å². The predicted molar refractivity (Wildman–Crippen MR) is 86.6 cm³/mol. The van der Waals surface area contributed by atoms with Gasteiger partial charge in [-0.25, -0.2) is 0 Å². The maximum atomic E-state index is 6.16. The summed E-state index contributed by atoms with van der Waals surface area (Å²) in [5.74, 6) is 0. The minimum absolute atomic E-state index is 0.754. The number of fused-ring (bicyclic) bond motifs is 1. The second-order valence-corrected chi connectivity index (χ2v) is 5.64. The lowest BCUT2D eigenvalue weighted by Gasteiger charge is -2.03. The van der Waals surface area contributed by atoms with Crippen LogP contribution in [0.1, 0.15) is 18.2 Å². The molecule has 2 aromatic heterocycles. The Bertz CT molecular complexity index is 757. The molecular formula is C16H19ClN4. The van der Waals surface area contributed by atoms with Crippen molar-refractivity contribution in [2.45, 2.75) is 20.0 Å². The molecule has 3 rings (SSSR count). The van der Waals surface area contributed by atoms with Gasteiger partial charge in [0.25, 0.3) is 0 Å². The van der Waals surface area contributed by atoms with E-state index in [1.807, 2.05) is 36.1 Å². The summed E-state index contributed by atoms with van der Waals surface area (Å²) in [4.78, 5) is 0. The Kier molecular flexibility index (Phi) is 3.99. The average Bonchev–Trinajstić information content (AvgIpc) is 3.01. The quantitative estimate of drug-likeness (QED) is 0.785. The fourth-order valence-electron chi connectivity index (χ4n) is 2.59. The van der Waals surface area contributed by atoms with Crippen LogP contribution < -0.4 is 5.32 Å². The number of aromatic nitrogens is 3. The van der Waals surface area contributed by atoms with E-state index in [1.165, 1.54) is 10.9 Å². The summed E-state index contributed by atoms with van der Waals surface area (Å²) in [5.41, 5.74) is 3.49. The molecule has 1 N–H and O–H groups in total. The fourth-order valence-corrected chi connectivity index (χ4v) is 2.76. The fraction of sp³-hybridized carbons (Fsp3) is 0.312. The highest BCUT2D eigenvalue weighted by molar-refractivity contribution is 6.31. The number of hydrogen-bond acceptors (Lipinski definition) is 2. The highest BCUT2D eigenvalue weighted by Crippen LogP contribution is 2.25. The molecule has 5 heteroatoms. The molecule has 0 aliphatic heterocycles. The van der Waals surface area contributed by atoms with Gasteiger partial charge >= 0.3 is 0 Å². The maximum absolute atomic E-state index is 6.16. The van der Waals surface area contributed by atoms with E-state index in [-0.39, 0.29) is 0 Å². The van der Waals surface area contributed by atoms with Crippen molar-refractivity contribution in [3.63, 3.8) is 0 Å². The van der Waals surface area contributed by atoms with Gasteiger partial charge in [0.1, 0.15) is 0 Å². The number of aryl methyl sites for hydroxylation is 1. The molecule has 0 unspecified atom stereocenters. The zero-order chi connectivity index (χ0) is 14.8. The molecule has 110 valence electrons. The summed E-state index contributed by atoms with van der Waals surface area (Å²) < 4.78 is 4.05. The molecule has 0 bridgehead atoms. The lowest BCUT2D eigenvalue weighted by molar-refractivity contribution is 0.707. The molecule has 0 spiro atoms. The number of rotatable bonds is 5. The molecule has 4 nitrogen and oxygen atoms in total. The lowest BCUT2D eigenvalue weighted by atomic mass is 10.2. The van der Waals surface area contributed by atoms with Crippen LogP contribution in [0.4, 0.5) is 0 Å². The molecule has 0 saturated heterocycles. The number of nitrogens with one attached hydrogen (secondary N) is 1. The first-order valence-electron chi connectivity index (χ1n) is 7.14. The first-order chi connectivity index (χ1) is 10.2. The van der Waals surface area contributed by atoms with Crippen LogP contribution in [-0.2, 0) is 20.1 Å². The van der Waals surface area contributed by atoms with Crippen LogP contribution in [0.15, 0.2) is 36.7 Å². The Hall–Kier alpha value is -1.78. The van der Waals surface area contributed by atoms with Crippen molar-refractivity contribution in [2.75, 3.05) is 6.54 Å². The molecule has 3 aromatic rings. The summed E-state index contributed by atoms with van der Waals surface area (Å²) in [6.45, 7) is 4.69. The van der Waals surface area contributed by atoms with Crippen molar-refractivity contribution >= 4 is 22.5 Å². The van der Waals surface area contributed by atoms with Crippen LogP contribution in [0.5, 0.6) is 0 Å². The van der Waals surface area contributed by atoms with Crippen molar-refractivity contribution < 1.29 is 0 Å². The van der Waals surface area contributed by atoms with Crippen LogP contribution in [0.2, 0.25) is 5.02 Å². The monoisotopic (exact) mass is 302 g/mol.